The Balaban J connectivity index is 1.48. The summed E-state index contributed by atoms with van der Waals surface area (Å²) in [5, 5.41) is 13.0. The summed E-state index contributed by atoms with van der Waals surface area (Å²) in [6, 6.07) is 7.65. The molecule has 1 amide bonds. The van der Waals surface area contributed by atoms with Crippen molar-refractivity contribution < 1.29 is 9.53 Å². The van der Waals surface area contributed by atoms with Crippen LogP contribution in [-0.2, 0) is 9.53 Å². The van der Waals surface area contributed by atoms with Gasteiger partial charge in [-0.05, 0) is 37.8 Å². The van der Waals surface area contributed by atoms with Crippen molar-refractivity contribution in [1.82, 2.24) is 20.1 Å². The van der Waals surface area contributed by atoms with E-state index in [0.29, 0.717) is 16.7 Å². The van der Waals surface area contributed by atoms with E-state index >= 15 is 0 Å². The molecule has 4 rings (SSSR count). The van der Waals surface area contributed by atoms with E-state index in [1.807, 2.05) is 28.8 Å². The van der Waals surface area contributed by atoms with E-state index in [0.717, 1.165) is 57.0 Å². The Morgan fingerprint density at radius 2 is 2.07 bits per heavy atom. The Morgan fingerprint density at radius 3 is 2.82 bits per heavy atom. The Kier molecular flexibility index (Phi) is 6.39. The summed E-state index contributed by atoms with van der Waals surface area (Å²) in [6.07, 6.45) is 4.50. The maximum absolute atomic E-state index is 12.3. The number of halogens is 1. The first kappa shape index (κ1) is 19.5. The van der Waals surface area contributed by atoms with Crippen molar-refractivity contribution in [3.05, 3.63) is 29.3 Å². The van der Waals surface area contributed by atoms with Crippen LogP contribution in [0.1, 0.15) is 25.7 Å². The van der Waals surface area contributed by atoms with Gasteiger partial charge >= 0.3 is 0 Å². The predicted octanol–water partition coefficient (Wildman–Crippen LogP) is 2.91. The molecule has 1 atom stereocenters. The monoisotopic (exact) mass is 421 g/mol. The summed E-state index contributed by atoms with van der Waals surface area (Å²) in [4.78, 5) is 14.5. The fourth-order valence-corrected chi connectivity index (χ4v) is 4.53. The maximum atomic E-state index is 12.3. The standard InChI is InChI=1S/C19H24ClN5O2S/c20-15-7-1-2-8-16(15)25-18(24-9-3-4-10-24)22-23-19(25)28-13-17(26)21-12-14-6-5-11-27-14/h1-2,7-8,14H,3-6,9-13H2,(H,21,26). The number of aromatic nitrogens is 3. The molecule has 0 radical (unpaired) electrons. The van der Waals surface area contributed by atoms with Crippen molar-refractivity contribution in [2.45, 2.75) is 36.9 Å². The van der Waals surface area contributed by atoms with E-state index in [4.69, 9.17) is 16.3 Å². The van der Waals surface area contributed by atoms with Crippen LogP contribution in [0.3, 0.4) is 0 Å². The number of thioether (sulfide) groups is 1. The molecule has 1 unspecified atom stereocenters. The molecule has 0 bridgehead atoms. The molecule has 1 N–H and O–H groups in total. The van der Waals surface area contributed by atoms with Gasteiger partial charge in [0.25, 0.3) is 0 Å². The summed E-state index contributed by atoms with van der Waals surface area (Å²) in [5.74, 6) is 1.03. The summed E-state index contributed by atoms with van der Waals surface area (Å²) >= 11 is 7.83. The van der Waals surface area contributed by atoms with E-state index in [-0.39, 0.29) is 17.8 Å². The number of nitrogens with one attached hydrogen (secondary N) is 1. The number of para-hydroxylation sites is 1. The number of carbonyl (C=O) groups is 1. The van der Waals surface area contributed by atoms with Gasteiger partial charge in [-0.3, -0.25) is 9.36 Å². The number of rotatable bonds is 7. The zero-order valence-electron chi connectivity index (χ0n) is 15.6. The lowest BCUT2D eigenvalue weighted by Crippen LogP contribution is -2.33. The highest BCUT2D eigenvalue weighted by Crippen LogP contribution is 2.31. The van der Waals surface area contributed by atoms with Crippen LogP contribution in [0.2, 0.25) is 5.02 Å². The molecule has 7 nitrogen and oxygen atoms in total. The van der Waals surface area contributed by atoms with Crippen molar-refractivity contribution in [2.75, 3.05) is 36.9 Å². The number of amides is 1. The molecule has 2 aliphatic rings. The smallest absolute Gasteiger partial charge is 0.232 e. The number of hydrogen-bond acceptors (Lipinski definition) is 6. The molecular formula is C19H24ClN5O2S. The van der Waals surface area contributed by atoms with E-state index in [2.05, 4.69) is 20.4 Å². The SMILES string of the molecule is O=C(CSc1nnc(N2CCCC2)n1-c1ccccc1Cl)NCC1CCCO1. The molecule has 0 aliphatic carbocycles. The van der Waals surface area contributed by atoms with Crippen molar-refractivity contribution in [3.63, 3.8) is 0 Å². The van der Waals surface area contributed by atoms with Crippen LogP contribution in [-0.4, -0.2) is 58.8 Å². The number of carbonyl (C=O) groups excluding carboxylic acids is 1. The van der Waals surface area contributed by atoms with Gasteiger partial charge in [0.2, 0.25) is 11.9 Å². The third-order valence-corrected chi connectivity index (χ3v) is 6.23. The summed E-state index contributed by atoms with van der Waals surface area (Å²) in [5.41, 5.74) is 0.832. The normalized spacial score (nSPS) is 19.3. The van der Waals surface area contributed by atoms with Gasteiger partial charge in [0.05, 0.1) is 22.6 Å². The van der Waals surface area contributed by atoms with Crippen molar-refractivity contribution in [1.29, 1.82) is 0 Å². The molecule has 28 heavy (non-hydrogen) atoms. The molecule has 2 fully saturated rings. The first-order valence-electron chi connectivity index (χ1n) is 9.69. The molecule has 2 aliphatic heterocycles. The van der Waals surface area contributed by atoms with Gasteiger partial charge in [-0.25, -0.2) is 0 Å². The molecule has 9 heteroatoms. The highest BCUT2D eigenvalue weighted by molar-refractivity contribution is 7.99. The Hall–Kier alpha value is -1.77. The van der Waals surface area contributed by atoms with Crippen LogP contribution >= 0.6 is 23.4 Å². The van der Waals surface area contributed by atoms with Crippen LogP contribution in [0.15, 0.2) is 29.4 Å². The van der Waals surface area contributed by atoms with Crippen LogP contribution in [0, 0.1) is 0 Å². The lowest BCUT2D eigenvalue weighted by molar-refractivity contribution is -0.119. The van der Waals surface area contributed by atoms with Gasteiger partial charge < -0.3 is 15.0 Å². The Bertz CT molecular complexity index is 818. The number of ether oxygens (including phenoxy) is 1. The highest BCUT2D eigenvalue weighted by Gasteiger charge is 2.24. The van der Waals surface area contributed by atoms with Gasteiger partial charge in [-0.2, -0.15) is 0 Å². The van der Waals surface area contributed by atoms with Crippen LogP contribution in [0.4, 0.5) is 5.95 Å². The van der Waals surface area contributed by atoms with E-state index < -0.39 is 0 Å². The van der Waals surface area contributed by atoms with E-state index in [1.54, 1.807) is 0 Å². The van der Waals surface area contributed by atoms with Crippen LogP contribution < -0.4 is 10.2 Å². The number of nitrogens with zero attached hydrogens (tertiary/aromatic N) is 4. The second kappa shape index (κ2) is 9.15. The fourth-order valence-electron chi connectivity index (χ4n) is 3.54. The predicted molar refractivity (Wildman–Crippen MR) is 111 cm³/mol. The maximum Gasteiger partial charge on any atom is 0.232 e. The average molecular weight is 422 g/mol. The van der Waals surface area contributed by atoms with Crippen LogP contribution in [0.25, 0.3) is 5.69 Å². The number of benzene rings is 1. The number of anilines is 1. The number of hydrogen-bond donors (Lipinski definition) is 1. The summed E-state index contributed by atoms with van der Waals surface area (Å²) < 4.78 is 7.51. The van der Waals surface area contributed by atoms with Gasteiger partial charge in [0, 0.05) is 26.2 Å². The molecule has 1 aromatic heterocycles. The minimum absolute atomic E-state index is 0.0306. The molecule has 150 valence electrons. The highest BCUT2D eigenvalue weighted by atomic mass is 35.5. The summed E-state index contributed by atoms with van der Waals surface area (Å²) in [6.45, 7) is 3.26. The zero-order chi connectivity index (χ0) is 19.3. The second-order valence-corrected chi connectivity index (χ2v) is 8.34. The zero-order valence-corrected chi connectivity index (χ0v) is 17.2. The van der Waals surface area contributed by atoms with Crippen molar-refractivity contribution >= 4 is 35.2 Å². The molecule has 1 aromatic carbocycles. The fraction of sp³-hybridized carbons (Fsp3) is 0.526. The molecule has 0 saturated carbocycles. The second-order valence-electron chi connectivity index (χ2n) is 6.99. The van der Waals surface area contributed by atoms with Crippen LogP contribution in [0.5, 0.6) is 0 Å². The largest absolute Gasteiger partial charge is 0.376 e. The van der Waals surface area contributed by atoms with Gasteiger partial charge in [-0.15, -0.1) is 10.2 Å². The topological polar surface area (TPSA) is 72.3 Å². The molecule has 3 heterocycles. The first-order valence-corrected chi connectivity index (χ1v) is 11.0. The Labute approximate surface area is 173 Å². The van der Waals surface area contributed by atoms with Gasteiger partial charge in [0.15, 0.2) is 5.16 Å². The minimum Gasteiger partial charge on any atom is -0.376 e. The Morgan fingerprint density at radius 1 is 1.25 bits per heavy atom. The minimum atomic E-state index is -0.0306. The van der Waals surface area contributed by atoms with Crippen molar-refractivity contribution in [3.8, 4) is 5.69 Å². The van der Waals surface area contributed by atoms with E-state index in [9.17, 15) is 4.79 Å². The third kappa shape index (κ3) is 4.45. The lowest BCUT2D eigenvalue weighted by atomic mass is 10.2. The molecule has 0 spiro atoms. The third-order valence-electron chi connectivity index (χ3n) is 4.98. The molecule has 2 saturated heterocycles. The quantitative estimate of drug-likeness (QED) is 0.693. The molecule has 2 aromatic rings. The average Bonchev–Trinajstić information content (AvgIpc) is 3.46. The van der Waals surface area contributed by atoms with Crippen molar-refractivity contribution in [2.24, 2.45) is 0 Å². The van der Waals surface area contributed by atoms with Gasteiger partial charge in [0.1, 0.15) is 0 Å². The van der Waals surface area contributed by atoms with Gasteiger partial charge in [-0.1, -0.05) is 35.5 Å². The molecular weight excluding hydrogens is 398 g/mol. The summed E-state index contributed by atoms with van der Waals surface area (Å²) in [7, 11) is 0. The van der Waals surface area contributed by atoms with E-state index in [1.165, 1.54) is 11.8 Å². The lowest BCUT2D eigenvalue weighted by Gasteiger charge is -2.19. The first-order chi connectivity index (χ1) is 13.7.